The number of thioether (sulfide) groups is 1. The molecule has 29 heavy (non-hydrogen) atoms. The zero-order chi connectivity index (χ0) is 20.4. The third kappa shape index (κ3) is 3.93. The zero-order valence-electron chi connectivity index (χ0n) is 16.6. The first-order valence-electron chi connectivity index (χ1n) is 9.45. The fraction of sp³-hybridized carbons (Fsp3) is 0.227. The van der Waals surface area contributed by atoms with Crippen molar-refractivity contribution in [3.8, 4) is 11.4 Å². The van der Waals surface area contributed by atoms with E-state index in [4.69, 9.17) is 0 Å². The molecule has 2 aromatic heterocycles. The van der Waals surface area contributed by atoms with Gasteiger partial charge in [0.05, 0.1) is 5.75 Å². The largest absolute Gasteiger partial charge is 0.325 e. The molecule has 0 saturated heterocycles. The van der Waals surface area contributed by atoms with Crippen molar-refractivity contribution >= 4 is 45.5 Å². The number of nitrogens with zero attached hydrogens (tertiary/aromatic N) is 3. The number of fused-ring (bicyclic) bond motifs is 1. The quantitative estimate of drug-likeness (QED) is 0.429. The number of aryl methyl sites for hydroxylation is 1. The minimum absolute atomic E-state index is 0.0588. The standard InChI is InChI=1S/C22H22N4OS2/c1-4-16-14(2)28-12-18(16)21-24-25-22(26(21)3)29-13-20(27)23-19-11-7-9-15-8-5-6-10-17(15)19/h5-12H,4,13H2,1-3H3,(H,23,27). The van der Waals surface area contributed by atoms with E-state index in [2.05, 4.69) is 34.7 Å². The van der Waals surface area contributed by atoms with Gasteiger partial charge in [0.25, 0.3) is 0 Å². The Labute approximate surface area is 178 Å². The van der Waals surface area contributed by atoms with E-state index >= 15 is 0 Å². The van der Waals surface area contributed by atoms with Gasteiger partial charge in [0.15, 0.2) is 11.0 Å². The average molecular weight is 423 g/mol. The van der Waals surface area contributed by atoms with Crippen LogP contribution in [0.2, 0.25) is 0 Å². The van der Waals surface area contributed by atoms with Gasteiger partial charge in [-0.3, -0.25) is 4.79 Å². The van der Waals surface area contributed by atoms with Crippen molar-refractivity contribution in [3.63, 3.8) is 0 Å². The maximum atomic E-state index is 12.5. The predicted molar refractivity (Wildman–Crippen MR) is 122 cm³/mol. The second-order valence-corrected chi connectivity index (χ2v) is 8.79. The first-order chi connectivity index (χ1) is 14.1. The monoisotopic (exact) mass is 422 g/mol. The van der Waals surface area contributed by atoms with E-state index in [0.717, 1.165) is 39.4 Å². The molecule has 0 unspecified atom stereocenters. The van der Waals surface area contributed by atoms with Gasteiger partial charge >= 0.3 is 0 Å². The molecule has 2 heterocycles. The summed E-state index contributed by atoms with van der Waals surface area (Å²) < 4.78 is 1.97. The van der Waals surface area contributed by atoms with Crippen LogP contribution in [-0.4, -0.2) is 26.4 Å². The van der Waals surface area contributed by atoms with Gasteiger partial charge in [-0.05, 0) is 30.4 Å². The van der Waals surface area contributed by atoms with E-state index in [9.17, 15) is 4.79 Å². The fourth-order valence-electron chi connectivity index (χ4n) is 3.43. The lowest BCUT2D eigenvalue weighted by Crippen LogP contribution is -2.14. The Balaban J connectivity index is 1.47. The van der Waals surface area contributed by atoms with Gasteiger partial charge < -0.3 is 9.88 Å². The normalized spacial score (nSPS) is 11.1. The van der Waals surface area contributed by atoms with Crippen LogP contribution in [-0.2, 0) is 18.3 Å². The highest BCUT2D eigenvalue weighted by atomic mass is 32.2. The van der Waals surface area contributed by atoms with Crippen molar-refractivity contribution in [2.24, 2.45) is 7.05 Å². The van der Waals surface area contributed by atoms with E-state index in [1.54, 1.807) is 11.3 Å². The summed E-state index contributed by atoms with van der Waals surface area (Å²) in [6.45, 7) is 4.29. The Morgan fingerprint density at radius 1 is 1.17 bits per heavy atom. The summed E-state index contributed by atoms with van der Waals surface area (Å²) in [5.74, 6) is 1.07. The molecule has 4 rings (SSSR count). The molecule has 0 radical (unpaired) electrons. The van der Waals surface area contributed by atoms with E-state index < -0.39 is 0 Å². The van der Waals surface area contributed by atoms with Crippen LogP contribution < -0.4 is 5.32 Å². The van der Waals surface area contributed by atoms with Gasteiger partial charge in [-0.25, -0.2) is 0 Å². The van der Waals surface area contributed by atoms with E-state index in [-0.39, 0.29) is 11.7 Å². The minimum atomic E-state index is -0.0588. The molecule has 0 spiro atoms. The van der Waals surface area contributed by atoms with Crippen LogP contribution in [0.25, 0.3) is 22.2 Å². The van der Waals surface area contributed by atoms with Gasteiger partial charge in [0.2, 0.25) is 5.91 Å². The predicted octanol–water partition coefficient (Wildman–Crippen LogP) is 5.30. The number of aromatic nitrogens is 3. The number of carbonyl (C=O) groups is 1. The summed E-state index contributed by atoms with van der Waals surface area (Å²) >= 11 is 3.13. The number of nitrogens with one attached hydrogen (secondary N) is 1. The molecular formula is C22H22N4OS2. The van der Waals surface area contributed by atoms with Crippen LogP contribution in [0, 0.1) is 6.92 Å². The molecule has 0 fully saturated rings. The number of carbonyl (C=O) groups excluding carboxylic acids is 1. The molecule has 0 aliphatic heterocycles. The molecule has 2 aromatic carbocycles. The second kappa shape index (κ2) is 8.39. The summed E-state index contributed by atoms with van der Waals surface area (Å²) in [5.41, 5.74) is 3.28. The van der Waals surface area contributed by atoms with Gasteiger partial charge in [-0.1, -0.05) is 55.1 Å². The first-order valence-corrected chi connectivity index (χ1v) is 11.3. The summed E-state index contributed by atoms with van der Waals surface area (Å²) in [5, 5.41) is 16.7. The van der Waals surface area contributed by atoms with Crippen molar-refractivity contribution in [3.05, 3.63) is 58.3 Å². The average Bonchev–Trinajstić information content (AvgIpc) is 3.28. The first kappa shape index (κ1) is 19.7. The number of hydrogen-bond acceptors (Lipinski definition) is 5. The van der Waals surface area contributed by atoms with Crippen molar-refractivity contribution < 1.29 is 4.79 Å². The lowest BCUT2D eigenvalue weighted by atomic mass is 10.1. The van der Waals surface area contributed by atoms with Crippen molar-refractivity contribution in [2.45, 2.75) is 25.4 Å². The van der Waals surface area contributed by atoms with Crippen LogP contribution in [0.4, 0.5) is 5.69 Å². The molecular weight excluding hydrogens is 400 g/mol. The molecule has 148 valence electrons. The molecule has 1 N–H and O–H groups in total. The molecule has 0 atom stereocenters. The number of rotatable bonds is 6. The third-order valence-electron chi connectivity index (χ3n) is 4.93. The fourth-order valence-corrected chi connectivity index (χ4v) is 5.08. The number of anilines is 1. The van der Waals surface area contributed by atoms with Crippen LogP contribution in [0.1, 0.15) is 17.4 Å². The van der Waals surface area contributed by atoms with Crippen LogP contribution in [0.3, 0.4) is 0 Å². The Morgan fingerprint density at radius 3 is 2.79 bits per heavy atom. The van der Waals surface area contributed by atoms with E-state index in [0.29, 0.717) is 0 Å². The van der Waals surface area contributed by atoms with Crippen LogP contribution >= 0.6 is 23.1 Å². The molecule has 0 aliphatic carbocycles. The maximum Gasteiger partial charge on any atom is 0.234 e. The SMILES string of the molecule is CCc1c(-c2nnc(SCC(=O)Nc3cccc4ccccc34)n2C)csc1C. The number of benzene rings is 2. The Morgan fingerprint density at radius 2 is 1.97 bits per heavy atom. The van der Waals surface area contributed by atoms with E-state index in [1.807, 2.05) is 54.1 Å². The third-order valence-corrected chi connectivity index (χ3v) is 6.90. The second-order valence-electron chi connectivity index (χ2n) is 6.77. The van der Waals surface area contributed by atoms with Gasteiger partial charge in [0, 0.05) is 33.9 Å². The topological polar surface area (TPSA) is 59.8 Å². The smallest absolute Gasteiger partial charge is 0.234 e. The highest BCUT2D eigenvalue weighted by molar-refractivity contribution is 7.99. The zero-order valence-corrected chi connectivity index (χ0v) is 18.2. The molecule has 0 bridgehead atoms. The maximum absolute atomic E-state index is 12.5. The van der Waals surface area contributed by atoms with Crippen LogP contribution in [0.5, 0.6) is 0 Å². The Hall–Kier alpha value is -2.64. The molecule has 0 aliphatic rings. The molecule has 7 heteroatoms. The lowest BCUT2D eigenvalue weighted by Gasteiger charge is -2.09. The van der Waals surface area contributed by atoms with Crippen molar-refractivity contribution in [1.82, 2.24) is 14.8 Å². The van der Waals surface area contributed by atoms with E-state index in [1.165, 1.54) is 22.2 Å². The summed E-state index contributed by atoms with van der Waals surface area (Å²) in [4.78, 5) is 13.8. The number of hydrogen-bond donors (Lipinski definition) is 1. The van der Waals surface area contributed by atoms with Gasteiger partial charge in [0.1, 0.15) is 0 Å². The van der Waals surface area contributed by atoms with Gasteiger partial charge in [-0.15, -0.1) is 21.5 Å². The van der Waals surface area contributed by atoms with Crippen molar-refractivity contribution in [2.75, 3.05) is 11.1 Å². The summed E-state index contributed by atoms with van der Waals surface area (Å²) in [6.07, 6.45) is 0.966. The Kier molecular flexibility index (Phi) is 5.69. The molecule has 1 amide bonds. The summed E-state index contributed by atoms with van der Waals surface area (Å²) in [7, 11) is 1.95. The summed E-state index contributed by atoms with van der Waals surface area (Å²) in [6, 6.07) is 13.9. The minimum Gasteiger partial charge on any atom is -0.325 e. The van der Waals surface area contributed by atoms with Crippen LogP contribution in [0.15, 0.2) is 53.0 Å². The number of thiophene rings is 1. The highest BCUT2D eigenvalue weighted by Crippen LogP contribution is 2.32. The molecule has 5 nitrogen and oxygen atoms in total. The molecule has 4 aromatic rings. The van der Waals surface area contributed by atoms with Gasteiger partial charge in [-0.2, -0.15) is 0 Å². The Bertz CT molecular complexity index is 1170. The highest BCUT2D eigenvalue weighted by Gasteiger charge is 2.17. The van der Waals surface area contributed by atoms with Crippen molar-refractivity contribution in [1.29, 1.82) is 0 Å². The number of amides is 1. The molecule has 0 saturated carbocycles. The lowest BCUT2D eigenvalue weighted by molar-refractivity contribution is -0.113.